The van der Waals surface area contributed by atoms with Crippen LogP contribution in [0.5, 0.6) is 5.75 Å². The molecule has 0 radical (unpaired) electrons. The van der Waals surface area contributed by atoms with E-state index >= 15 is 0 Å². The maximum Gasteiger partial charge on any atom is 0.343 e. The number of hydrogen-bond donors (Lipinski definition) is 2. The van der Waals surface area contributed by atoms with E-state index in [0.29, 0.717) is 11.3 Å². The number of benzene rings is 3. The summed E-state index contributed by atoms with van der Waals surface area (Å²) in [4.78, 5) is 24.3. The maximum absolute atomic E-state index is 12.4. The fraction of sp³-hybridized carbons (Fsp3) is 0.222. The summed E-state index contributed by atoms with van der Waals surface area (Å²) >= 11 is 0. The molecule has 3 aromatic rings. The first-order chi connectivity index (χ1) is 15.7. The Labute approximate surface area is 194 Å². The number of rotatable bonds is 7. The zero-order chi connectivity index (χ0) is 23.8. The van der Waals surface area contributed by atoms with Gasteiger partial charge in [0.1, 0.15) is 5.75 Å². The number of carbonyl (C=O) groups is 2. The number of nitrogens with one attached hydrogen (secondary N) is 2. The van der Waals surface area contributed by atoms with Gasteiger partial charge in [0.2, 0.25) is 0 Å². The number of nitrogens with zero attached hydrogens (tertiary/aromatic N) is 1. The second-order valence-electron chi connectivity index (χ2n) is 8.75. The lowest BCUT2D eigenvalue weighted by Crippen LogP contribution is -2.26. The van der Waals surface area contributed by atoms with Crippen molar-refractivity contribution in [2.75, 3.05) is 11.9 Å². The molecule has 0 saturated carbocycles. The molecule has 0 bridgehead atoms. The van der Waals surface area contributed by atoms with Gasteiger partial charge in [0.15, 0.2) is 0 Å². The van der Waals surface area contributed by atoms with Crippen molar-refractivity contribution in [2.45, 2.75) is 33.1 Å². The summed E-state index contributed by atoms with van der Waals surface area (Å²) in [5.41, 5.74) is 6.90. The molecule has 1 amide bonds. The van der Waals surface area contributed by atoms with E-state index in [1.807, 2.05) is 43.3 Å². The molecule has 0 aliphatic carbocycles. The zero-order valence-corrected chi connectivity index (χ0v) is 19.4. The first-order valence-corrected chi connectivity index (χ1v) is 10.8. The molecule has 0 fully saturated rings. The molecule has 0 atom stereocenters. The summed E-state index contributed by atoms with van der Waals surface area (Å²) < 4.78 is 5.45. The van der Waals surface area contributed by atoms with Crippen molar-refractivity contribution in [3.63, 3.8) is 0 Å². The molecular formula is C27H29N3O3. The third kappa shape index (κ3) is 7.04. The first kappa shape index (κ1) is 23.7. The van der Waals surface area contributed by atoms with Crippen LogP contribution >= 0.6 is 0 Å². The van der Waals surface area contributed by atoms with Crippen molar-refractivity contribution in [2.24, 2.45) is 5.10 Å². The van der Waals surface area contributed by atoms with Gasteiger partial charge in [-0.25, -0.2) is 10.2 Å². The van der Waals surface area contributed by atoms with Crippen molar-refractivity contribution < 1.29 is 14.3 Å². The van der Waals surface area contributed by atoms with Crippen molar-refractivity contribution in [3.05, 3.63) is 95.1 Å². The minimum Gasteiger partial charge on any atom is -0.423 e. The minimum absolute atomic E-state index is 0.0245. The van der Waals surface area contributed by atoms with E-state index in [9.17, 15) is 9.59 Å². The highest BCUT2D eigenvalue weighted by Crippen LogP contribution is 2.22. The van der Waals surface area contributed by atoms with Crippen LogP contribution in [-0.2, 0) is 10.2 Å². The summed E-state index contributed by atoms with van der Waals surface area (Å²) in [6, 6.07) is 22.1. The van der Waals surface area contributed by atoms with Crippen molar-refractivity contribution in [1.29, 1.82) is 0 Å². The Morgan fingerprint density at radius 3 is 2.24 bits per heavy atom. The molecule has 3 rings (SSSR count). The van der Waals surface area contributed by atoms with Gasteiger partial charge in [-0.1, -0.05) is 51.1 Å². The van der Waals surface area contributed by atoms with Crippen LogP contribution in [0.1, 0.15) is 47.8 Å². The second kappa shape index (κ2) is 10.6. The Morgan fingerprint density at radius 2 is 1.61 bits per heavy atom. The van der Waals surface area contributed by atoms with Gasteiger partial charge in [0.25, 0.3) is 5.91 Å². The molecule has 3 aromatic carbocycles. The van der Waals surface area contributed by atoms with E-state index in [2.05, 4.69) is 36.6 Å². The van der Waals surface area contributed by atoms with Gasteiger partial charge < -0.3 is 10.1 Å². The number of amides is 1. The molecule has 0 spiro atoms. The molecule has 6 nitrogen and oxygen atoms in total. The lowest BCUT2D eigenvalue weighted by Gasteiger charge is -2.18. The molecule has 0 unspecified atom stereocenters. The summed E-state index contributed by atoms with van der Waals surface area (Å²) in [6.07, 6.45) is 1.53. The average Bonchev–Trinajstić information content (AvgIpc) is 2.79. The number of ether oxygens (including phenoxy) is 1. The Kier molecular flexibility index (Phi) is 7.61. The third-order valence-corrected chi connectivity index (χ3v) is 5.06. The Balaban J connectivity index is 1.48. The standard InChI is InChI=1S/C27H29N3O3/c1-19-7-5-6-8-24(19)28-18-25(31)30-29-17-20-9-15-23(16-10-20)33-26(32)21-11-13-22(14-12-21)27(2,3)4/h5-17,28H,18H2,1-4H3,(H,30,31)/b29-17-. The first-order valence-electron chi connectivity index (χ1n) is 10.8. The highest BCUT2D eigenvalue weighted by atomic mass is 16.5. The van der Waals surface area contributed by atoms with Crippen LogP contribution in [0.15, 0.2) is 77.9 Å². The summed E-state index contributed by atoms with van der Waals surface area (Å²) in [5.74, 6) is -0.230. The molecule has 170 valence electrons. The quantitative estimate of drug-likeness (QED) is 0.231. The SMILES string of the molecule is Cc1ccccc1NCC(=O)N/N=C\c1ccc(OC(=O)c2ccc(C(C)(C)C)cc2)cc1. The lowest BCUT2D eigenvalue weighted by atomic mass is 9.87. The van der Waals surface area contributed by atoms with Crippen molar-refractivity contribution in [3.8, 4) is 5.75 Å². The molecule has 0 aliphatic rings. The van der Waals surface area contributed by atoms with Gasteiger partial charge >= 0.3 is 5.97 Å². The molecule has 0 saturated heterocycles. The van der Waals surface area contributed by atoms with Crippen LogP contribution in [0, 0.1) is 6.92 Å². The van der Waals surface area contributed by atoms with E-state index in [4.69, 9.17) is 4.74 Å². The minimum atomic E-state index is -0.412. The fourth-order valence-electron chi connectivity index (χ4n) is 3.06. The van der Waals surface area contributed by atoms with Crippen molar-refractivity contribution >= 4 is 23.8 Å². The van der Waals surface area contributed by atoms with Crippen LogP contribution in [-0.4, -0.2) is 24.6 Å². The number of hydrogen-bond acceptors (Lipinski definition) is 5. The van der Waals surface area contributed by atoms with Gasteiger partial charge in [-0.15, -0.1) is 0 Å². The molecule has 6 heteroatoms. The smallest absolute Gasteiger partial charge is 0.343 e. The van der Waals surface area contributed by atoms with Gasteiger partial charge in [-0.2, -0.15) is 5.10 Å². The highest BCUT2D eigenvalue weighted by molar-refractivity contribution is 5.91. The number of para-hydroxylation sites is 1. The summed E-state index contributed by atoms with van der Waals surface area (Å²) in [7, 11) is 0. The number of anilines is 1. The maximum atomic E-state index is 12.4. The predicted octanol–water partition coefficient (Wildman–Crippen LogP) is 5.07. The third-order valence-electron chi connectivity index (χ3n) is 5.06. The highest BCUT2D eigenvalue weighted by Gasteiger charge is 2.15. The van der Waals surface area contributed by atoms with Gasteiger partial charge in [0, 0.05) is 5.69 Å². The van der Waals surface area contributed by atoms with Crippen LogP contribution < -0.4 is 15.5 Å². The van der Waals surface area contributed by atoms with E-state index in [0.717, 1.165) is 22.4 Å². The number of aryl methyl sites for hydroxylation is 1. The van der Waals surface area contributed by atoms with Gasteiger partial charge in [0.05, 0.1) is 18.3 Å². The van der Waals surface area contributed by atoms with Crippen LogP contribution in [0.2, 0.25) is 0 Å². The van der Waals surface area contributed by atoms with Crippen LogP contribution in [0.3, 0.4) is 0 Å². The summed E-state index contributed by atoms with van der Waals surface area (Å²) in [6.45, 7) is 8.47. The van der Waals surface area contributed by atoms with Gasteiger partial charge in [-0.3, -0.25) is 4.79 Å². The van der Waals surface area contributed by atoms with E-state index in [1.54, 1.807) is 36.4 Å². The average molecular weight is 444 g/mol. The Morgan fingerprint density at radius 1 is 0.939 bits per heavy atom. The van der Waals surface area contributed by atoms with E-state index < -0.39 is 5.97 Å². The molecule has 2 N–H and O–H groups in total. The number of esters is 1. The van der Waals surface area contributed by atoms with E-state index in [1.165, 1.54) is 6.21 Å². The Hall–Kier alpha value is -3.93. The van der Waals surface area contributed by atoms with Gasteiger partial charge in [-0.05, 0) is 71.5 Å². The van der Waals surface area contributed by atoms with Crippen molar-refractivity contribution in [1.82, 2.24) is 5.43 Å². The Bertz CT molecular complexity index is 1130. The largest absolute Gasteiger partial charge is 0.423 e. The van der Waals surface area contributed by atoms with Crippen LogP contribution in [0.4, 0.5) is 5.69 Å². The number of hydrazone groups is 1. The monoisotopic (exact) mass is 443 g/mol. The van der Waals surface area contributed by atoms with Crippen LogP contribution in [0.25, 0.3) is 0 Å². The zero-order valence-electron chi connectivity index (χ0n) is 19.4. The lowest BCUT2D eigenvalue weighted by molar-refractivity contribution is -0.119. The number of carbonyl (C=O) groups excluding carboxylic acids is 2. The molecule has 0 aliphatic heterocycles. The second-order valence-corrected chi connectivity index (χ2v) is 8.75. The summed E-state index contributed by atoms with van der Waals surface area (Å²) in [5, 5.41) is 7.05. The topological polar surface area (TPSA) is 79.8 Å². The molecule has 0 heterocycles. The normalized spacial score (nSPS) is 11.3. The molecular weight excluding hydrogens is 414 g/mol. The fourth-order valence-corrected chi connectivity index (χ4v) is 3.06. The predicted molar refractivity (Wildman–Crippen MR) is 132 cm³/mol. The molecule has 0 aromatic heterocycles. The molecule has 33 heavy (non-hydrogen) atoms. The van der Waals surface area contributed by atoms with E-state index in [-0.39, 0.29) is 17.9 Å².